The van der Waals surface area contributed by atoms with Crippen LogP contribution < -0.4 is 10.1 Å². The second kappa shape index (κ2) is 7.21. The van der Waals surface area contributed by atoms with Crippen molar-refractivity contribution >= 4 is 5.91 Å². The van der Waals surface area contributed by atoms with Gasteiger partial charge in [-0.2, -0.15) is 13.9 Å². The molecular formula is C16H19F2N3O2. The minimum atomic E-state index is -2.87. The molecule has 2 rings (SSSR count). The van der Waals surface area contributed by atoms with Gasteiger partial charge in [-0.05, 0) is 44.5 Å². The number of rotatable bonds is 6. The van der Waals surface area contributed by atoms with Gasteiger partial charge in [0.1, 0.15) is 12.3 Å². The molecule has 1 N–H and O–H groups in total. The van der Waals surface area contributed by atoms with Gasteiger partial charge in [0.15, 0.2) is 0 Å². The van der Waals surface area contributed by atoms with Gasteiger partial charge in [-0.25, -0.2) is 0 Å². The SMILES string of the molecule is Cc1cc(C)n(CC(=O)NC(C)c2cccc(OC(F)F)c2)n1. The minimum Gasteiger partial charge on any atom is -0.435 e. The highest BCUT2D eigenvalue weighted by atomic mass is 19.3. The Labute approximate surface area is 133 Å². The first-order valence-corrected chi connectivity index (χ1v) is 7.20. The average Bonchev–Trinajstić information content (AvgIpc) is 2.76. The number of aryl methyl sites for hydroxylation is 2. The van der Waals surface area contributed by atoms with Crippen LogP contribution in [0.2, 0.25) is 0 Å². The molecule has 1 amide bonds. The summed E-state index contributed by atoms with van der Waals surface area (Å²) in [6, 6.07) is 7.84. The third kappa shape index (κ3) is 4.77. The first-order chi connectivity index (χ1) is 10.8. The Morgan fingerprint density at radius 3 is 2.70 bits per heavy atom. The van der Waals surface area contributed by atoms with E-state index in [1.165, 1.54) is 12.1 Å². The number of aromatic nitrogens is 2. The second-order valence-electron chi connectivity index (χ2n) is 5.32. The normalized spacial score (nSPS) is 12.3. The van der Waals surface area contributed by atoms with Crippen molar-refractivity contribution in [3.05, 3.63) is 47.3 Å². The summed E-state index contributed by atoms with van der Waals surface area (Å²) in [5.74, 6) is -0.138. The zero-order valence-corrected chi connectivity index (χ0v) is 13.2. The first-order valence-electron chi connectivity index (χ1n) is 7.20. The van der Waals surface area contributed by atoms with Crippen molar-refractivity contribution < 1.29 is 18.3 Å². The van der Waals surface area contributed by atoms with E-state index >= 15 is 0 Å². The smallest absolute Gasteiger partial charge is 0.387 e. The lowest BCUT2D eigenvalue weighted by atomic mass is 10.1. The van der Waals surface area contributed by atoms with Gasteiger partial charge in [0.25, 0.3) is 0 Å². The van der Waals surface area contributed by atoms with Crippen molar-refractivity contribution in [2.24, 2.45) is 0 Å². The Bertz CT molecular complexity index is 686. The van der Waals surface area contributed by atoms with Gasteiger partial charge in [-0.15, -0.1) is 0 Å². The Kier molecular flexibility index (Phi) is 5.31. The Morgan fingerprint density at radius 2 is 2.09 bits per heavy atom. The van der Waals surface area contributed by atoms with E-state index in [0.29, 0.717) is 5.56 Å². The molecule has 23 heavy (non-hydrogen) atoms. The molecule has 0 aliphatic heterocycles. The quantitative estimate of drug-likeness (QED) is 0.889. The van der Waals surface area contributed by atoms with Crippen LogP contribution in [0.5, 0.6) is 5.75 Å². The molecule has 0 aliphatic carbocycles. The Balaban J connectivity index is 1.99. The number of carbonyl (C=O) groups excluding carboxylic acids is 1. The van der Waals surface area contributed by atoms with Gasteiger partial charge >= 0.3 is 6.61 Å². The third-order valence-corrected chi connectivity index (χ3v) is 3.36. The number of nitrogens with zero attached hydrogens (tertiary/aromatic N) is 2. The van der Waals surface area contributed by atoms with Gasteiger partial charge in [0.2, 0.25) is 5.91 Å². The number of hydrogen-bond donors (Lipinski definition) is 1. The van der Waals surface area contributed by atoms with Crippen LogP contribution in [0, 0.1) is 13.8 Å². The standard InChI is InChI=1S/C16H19F2N3O2/c1-10-7-11(2)21(20-10)9-15(22)19-12(3)13-5-4-6-14(8-13)23-16(17)18/h4-8,12,16H,9H2,1-3H3,(H,19,22). The maximum atomic E-state index is 12.2. The van der Waals surface area contributed by atoms with E-state index in [4.69, 9.17) is 0 Å². The molecule has 5 nitrogen and oxygen atoms in total. The van der Waals surface area contributed by atoms with Crippen molar-refractivity contribution in [3.63, 3.8) is 0 Å². The van der Waals surface area contributed by atoms with Crippen LogP contribution in [0.1, 0.15) is 29.9 Å². The largest absolute Gasteiger partial charge is 0.435 e. The number of benzene rings is 1. The number of hydrogen-bond acceptors (Lipinski definition) is 3. The first kappa shape index (κ1) is 16.9. The van der Waals surface area contributed by atoms with Crippen LogP contribution in [-0.2, 0) is 11.3 Å². The molecule has 0 saturated heterocycles. The Morgan fingerprint density at radius 1 is 1.35 bits per heavy atom. The summed E-state index contributed by atoms with van der Waals surface area (Å²) in [5.41, 5.74) is 2.43. The Hall–Kier alpha value is -2.44. The van der Waals surface area contributed by atoms with Crippen LogP contribution >= 0.6 is 0 Å². The fourth-order valence-corrected chi connectivity index (χ4v) is 2.30. The monoisotopic (exact) mass is 323 g/mol. The molecule has 1 aromatic carbocycles. The van der Waals surface area contributed by atoms with E-state index < -0.39 is 6.61 Å². The van der Waals surface area contributed by atoms with Crippen LogP contribution in [0.3, 0.4) is 0 Å². The molecule has 7 heteroatoms. The molecule has 1 unspecified atom stereocenters. The molecular weight excluding hydrogens is 304 g/mol. The molecule has 0 spiro atoms. The van der Waals surface area contributed by atoms with E-state index in [9.17, 15) is 13.6 Å². The van der Waals surface area contributed by atoms with Crippen molar-refractivity contribution in [2.75, 3.05) is 0 Å². The lowest BCUT2D eigenvalue weighted by molar-refractivity contribution is -0.122. The number of halogens is 2. The summed E-state index contributed by atoms with van der Waals surface area (Å²) < 4.78 is 30.5. The maximum absolute atomic E-state index is 12.2. The van der Waals surface area contributed by atoms with Gasteiger partial charge in [-0.1, -0.05) is 12.1 Å². The van der Waals surface area contributed by atoms with E-state index in [1.807, 2.05) is 19.9 Å². The fraction of sp³-hybridized carbons (Fsp3) is 0.375. The number of amides is 1. The van der Waals surface area contributed by atoms with E-state index in [2.05, 4.69) is 15.2 Å². The van der Waals surface area contributed by atoms with Crippen molar-refractivity contribution in [3.8, 4) is 5.75 Å². The molecule has 1 heterocycles. The molecule has 0 bridgehead atoms. The number of nitrogens with one attached hydrogen (secondary N) is 1. The summed E-state index contributed by atoms with van der Waals surface area (Å²) in [5, 5.41) is 7.05. The van der Waals surface area contributed by atoms with Crippen LogP contribution in [0.4, 0.5) is 8.78 Å². The third-order valence-electron chi connectivity index (χ3n) is 3.36. The number of alkyl halides is 2. The van der Waals surface area contributed by atoms with E-state index in [-0.39, 0.29) is 24.2 Å². The van der Waals surface area contributed by atoms with Gasteiger partial charge in [0, 0.05) is 5.69 Å². The number of ether oxygens (including phenoxy) is 1. The highest BCUT2D eigenvalue weighted by Crippen LogP contribution is 2.20. The van der Waals surface area contributed by atoms with E-state index in [0.717, 1.165) is 11.4 Å². The zero-order valence-electron chi connectivity index (χ0n) is 13.2. The number of carbonyl (C=O) groups is 1. The van der Waals surface area contributed by atoms with Gasteiger partial charge in [-0.3, -0.25) is 9.48 Å². The lowest BCUT2D eigenvalue weighted by Crippen LogP contribution is -2.30. The summed E-state index contributed by atoms with van der Waals surface area (Å²) >= 11 is 0. The molecule has 0 aliphatic rings. The molecule has 2 aromatic rings. The van der Waals surface area contributed by atoms with Crippen LogP contribution in [0.15, 0.2) is 30.3 Å². The van der Waals surface area contributed by atoms with Gasteiger partial charge < -0.3 is 10.1 Å². The van der Waals surface area contributed by atoms with Crippen molar-refractivity contribution in [1.29, 1.82) is 0 Å². The zero-order chi connectivity index (χ0) is 17.0. The highest BCUT2D eigenvalue weighted by Gasteiger charge is 2.13. The van der Waals surface area contributed by atoms with Crippen molar-refractivity contribution in [2.45, 2.75) is 40.0 Å². The minimum absolute atomic E-state index is 0.0668. The van der Waals surface area contributed by atoms with Crippen molar-refractivity contribution in [1.82, 2.24) is 15.1 Å². The molecule has 1 aromatic heterocycles. The molecule has 124 valence electrons. The maximum Gasteiger partial charge on any atom is 0.387 e. The summed E-state index contributed by atoms with van der Waals surface area (Å²) in [6.07, 6.45) is 0. The topological polar surface area (TPSA) is 56.2 Å². The van der Waals surface area contributed by atoms with Gasteiger partial charge in [0.05, 0.1) is 11.7 Å². The molecule has 0 radical (unpaired) electrons. The fourth-order valence-electron chi connectivity index (χ4n) is 2.30. The van der Waals surface area contributed by atoms with Crippen LogP contribution in [0.25, 0.3) is 0 Å². The van der Waals surface area contributed by atoms with Crippen LogP contribution in [-0.4, -0.2) is 22.3 Å². The lowest BCUT2D eigenvalue weighted by Gasteiger charge is -2.16. The summed E-state index contributed by atoms with van der Waals surface area (Å²) in [6.45, 7) is 2.75. The summed E-state index contributed by atoms with van der Waals surface area (Å²) in [4.78, 5) is 12.1. The highest BCUT2D eigenvalue weighted by molar-refractivity contribution is 5.76. The average molecular weight is 323 g/mol. The van der Waals surface area contributed by atoms with E-state index in [1.54, 1.807) is 23.7 Å². The molecule has 0 saturated carbocycles. The molecule has 1 atom stereocenters. The second-order valence-corrected chi connectivity index (χ2v) is 5.32. The summed E-state index contributed by atoms with van der Waals surface area (Å²) in [7, 11) is 0. The predicted molar refractivity (Wildman–Crippen MR) is 81.3 cm³/mol. The molecule has 0 fully saturated rings. The predicted octanol–water partition coefficient (Wildman–Crippen LogP) is 2.98.